The maximum absolute atomic E-state index is 12.4. The minimum absolute atomic E-state index is 0.179. The Balaban J connectivity index is 0.000000204. The first-order valence-corrected chi connectivity index (χ1v) is 9.01. The Morgan fingerprint density at radius 3 is 2.15 bits per heavy atom. The number of rotatable bonds is 3. The molecule has 114 valence electrons. The van der Waals surface area contributed by atoms with Crippen molar-refractivity contribution in [1.82, 2.24) is 10.5 Å². The number of nitrogens with zero attached hydrogens (tertiary/aromatic N) is 3. The van der Waals surface area contributed by atoms with Gasteiger partial charge in [0.2, 0.25) is 0 Å². The Bertz CT molecular complexity index is 578. The molecule has 1 aromatic carbocycles. The quantitative estimate of drug-likeness (QED) is 0.349. The second-order valence-corrected chi connectivity index (χ2v) is 9.22. The van der Waals surface area contributed by atoms with Gasteiger partial charge in [-0.3, -0.25) is 0 Å². The van der Waals surface area contributed by atoms with Gasteiger partial charge in [0.05, 0.1) is 0 Å². The Hall–Kier alpha value is 0.468. The SMILES string of the molecule is CCn1ccn(C)[c]1=[Pt].Fc1ccc(CN(I)I)cc1. The van der Waals surface area contributed by atoms with E-state index in [1.54, 1.807) is 12.1 Å². The topological polar surface area (TPSA) is 13.1 Å². The van der Waals surface area contributed by atoms with E-state index >= 15 is 0 Å². The van der Waals surface area contributed by atoms with Gasteiger partial charge in [0.25, 0.3) is 0 Å². The molecular weight excluding hydrogens is 666 g/mol. The van der Waals surface area contributed by atoms with E-state index in [-0.39, 0.29) is 5.82 Å². The molecule has 20 heavy (non-hydrogen) atoms. The monoisotopic (exact) mass is 682 g/mol. The molecule has 0 atom stereocenters. The van der Waals surface area contributed by atoms with Gasteiger partial charge in [-0.15, -0.1) is 0 Å². The van der Waals surface area contributed by atoms with Crippen LogP contribution in [-0.2, 0) is 39.5 Å². The third-order valence-corrected chi connectivity index (χ3v) is 4.65. The summed E-state index contributed by atoms with van der Waals surface area (Å²) >= 11 is 6.67. The molecule has 0 aliphatic carbocycles. The average molecular weight is 682 g/mol. The summed E-state index contributed by atoms with van der Waals surface area (Å²) in [5.41, 5.74) is 1.12. The molecule has 0 N–H and O–H groups in total. The molecule has 0 unspecified atom stereocenters. The van der Waals surface area contributed by atoms with Crippen LogP contribution in [-0.4, -0.2) is 10.5 Å². The van der Waals surface area contributed by atoms with Gasteiger partial charge in [0.1, 0.15) is 5.82 Å². The van der Waals surface area contributed by atoms with Crippen LogP contribution in [0.15, 0.2) is 36.7 Å². The molecule has 0 saturated heterocycles. The van der Waals surface area contributed by atoms with Gasteiger partial charge in [-0.05, 0) is 17.7 Å². The Morgan fingerprint density at radius 1 is 1.20 bits per heavy atom. The zero-order chi connectivity index (χ0) is 15.1. The van der Waals surface area contributed by atoms with Gasteiger partial charge in [-0.25, -0.2) is 4.39 Å². The predicted molar refractivity (Wildman–Crippen MR) is 92.3 cm³/mol. The fraction of sp³-hybridized carbons (Fsp3) is 0.308. The molecule has 1 aromatic heterocycles. The number of aryl methyl sites for hydroxylation is 2. The van der Waals surface area contributed by atoms with Crippen LogP contribution in [0.4, 0.5) is 4.39 Å². The van der Waals surface area contributed by atoms with Gasteiger partial charge in [0, 0.05) is 52.3 Å². The molecule has 1 heterocycles. The van der Waals surface area contributed by atoms with Crippen molar-refractivity contribution >= 4 is 45.7 Å². The van der Waals surface area contributed by atoms with Crippen molar-refractivity contribution in [2.24, 2.45) is 7.05 Å². The summed E-state index contributed by atoms with van der Waals surface area (Å²) in [7, 11) is 2.05. The summed E-state index contributed by atoms with van der Waals surface area (Å²) in [5, 5.41) is 0. The van der Waals surface area contributed by atoms with E-state index in [0.717, 1.165) is 18.7 Å². The van der Waals surface area contributed by atoms with Crippen molar-refractivity contribution in [3.05, 3.63) is 51.8 Å². The molecule has 7 heteroatoms. The van der Waals surface area contributed by atoms with Gasteiger partial charge in [0.15, 0.2) is 0 Å². The van der Waals surface area contributed by atoms with E-state index in [9.17, 15) is 4.39 Å². The average Bonchev–Trinajstić information content (AvgIpc) is 2.73. The molecule has 2 rings (SSSR count). The summed E-state index contributed by atoms with van der Waals surface area (Å²) in [6.45, 7) is 4.03. The molecule has 0 amide bonds. The number of hydrogen-bond acceptors (Lipinski definition) is 1. The summed E-state index contributed by atoms with van der Waals surface area (Å²) in [6.07, 6.45) is 4.15. The largest absolute Gasteiger partial charge is 0.207 e. The van der Waals surface area contributed by atoms with Crippen LogP contribution in [0, 0.1) is 9.62 Å². The van der Waals surface area contributed by atoms with E-state index < -0.39 is 0 Å². The number of hydrogen-bond donors (Lipinski definition) is 0. The molecular formula is C13H16FI2N3Pt. The smallest absolute Gasteiger partial charge is 0.123 e. The zero-order valence-corrected chi connectivity index (χ0v) is 17.8. The fourth-order valence-corrected chi connectivity index (χ4v) is 2.94. The molecule has 0 fully saturated rings. The first-order chi connectivity index (χ1) is 9.43. The minimum atomic E-state index is -0.179. The van der Waals surface area contributed by atoms with E-state index in [4.69, 9.17) is 0 Å². The standard InChI is InChI=1S/C7H6FI2N.C6H10N2.Pt/c8-7-3-1-6(2-4-7)5-11(9)10;1-3-8-5-4-7(2)6-8;/h1-4H,5H2;4-5H,3H2,1-2H3;. The summed E-state index contributed by atoms with van der Waals surface area (Å²) in [6, 6.07) is 6.54. The van der Waals surface area contributed by atoms with Crippen molar-refractivity contribution in [1.29, 1.82) is 0 Å². The van der Waals surface area contributed by atoms with Crippen LogP contribution in [0.1, 0.15) is 12.5 Å². The van der Waals surface area contributed by atoms with E-state index in [2.05, 4.69) is 101 Å². The van der Waals surface area contributed by atoms with Crippen molar-refractivity contribution < 1.29 is 23.7 Å². The van der Waals surface area contributed by atoms with Crippen molar-refractivity contribution in [3.63, 3.8) is 0 Å². The van der Waals surface area contributed by atoms with E-state index in [1.807, 2.05) is 1.33 Å². The first-order valence-electron chi connectivity index (χ1n) is 5.94. The van der Waals surface area contributed by atoms with Crippen LogP contribution in [0.5, 0.6) is 0 Å². The number of aromatic nitrogens is 2. The van der Waals surface area contributed by atoms with Crippen LogP contribution < -0.4 is 0 Å². The van der Waals surface area contributed by atoms with E-state index in [1.165, 1.54) is 15.9 Å². The number of benzene rings is 1. The van der Waals surface area contributed by atoms with Crippen molar-refractivity contribution in [3.8, 4) is 0 Å². The molecule has 0 aliphatic heterocycles. The minimum Gasteiger partial charge on any atom is -0.207 e. The Labute approximate surface area is 157 Å². The maximum Gasteiger partial charge on any atom is 0.123 e. The third kappa shape index (κ3) is 6.49. The fourth-order valence-electron chi connectivity index (χ4n) is 1.45. The van der Waals surface area contributed by atoms with E-state index in [0.29, 0.717) is 0 Å². The summed E-state index contributed by atoms with van der Waals surface area (Å²) in [5.74, 6) is -0.179. The zero-order valence-electron chi connectivity index (χ0n) is 11.2. The molecule has 0 spiro atoms. The van der Waals surface area contributed by atoms with Gasteiger partial charge in [-0.2, -0.15) is 1.33 Å². The van der Waals surface area contributed by atoms with Crippen molar-refractivity contribution in [2.45, 2.75) is 20.0 Å². The van der Waals surface area contributed by atoms with Crippen LogP contribution in [0.25, 0.3) is 0 Å². The first kappa shape index (κ1) is 18.5. The van der Waals surface area contributed by atoms with Gasteiger partial charge >= 0.3 is 65.2 Å². The molecule has 2 aromatic rings. The maximum atomic E-state index is 12.4. The molecule has 3 nitrogen and oxygen atoms in total. The van der Waals surface area contributed by atoms with Crippen LogP contribution >= 0.6 is 45.7 Å². The molecule has 0 aliphatic rings. The number of halogens is 3. The number of imidazole rings is 1. The summed E-state index contributed by atoms with van der Waals surface area (Å²) in [4.78, 5) is 0. The molecule has 0 radical (unpaired) electrons. The second kappa shape index (κ2) is 9.48. The van der Waals surface area contributed by atoms with Crippen molar-refractivity contribution in [2.75, 3.05) is 0 Å². The third-order valence-electron chi connectivity index (χ3n) is 2.51. The molecule has 0 bridgehead atoms. The molecule has 0 saturated carbocycles. The van der Waals surface area contributed by atoms with Gasteiger partial charge in [-0.1, -0.05) is 12.1 Å². The Kier molecular flexibility index (Phi) is 8.78. The second-order valence-electron chi connectivity index (χ2n) is 4.02. The van der Waals surface area contributed by atoms with Gasteiger partial charge < -0.3 is 0 Å². The van der Waals surface area contributed by atoms with Crippen LogP contribution in [0.3, 0.4) is 0 Å². The summed E-state index contributed by atoms with van der Waals surface area (Å²) < 4.78 is 20.0. The van der Waals surface area contributed by atoms with Crippen LogP contribution in [0.2, 0.25) is 0 Å². The predicted octanol–water partition coefficient (Wildman–Crippen LogP) is 4.25. The normalized spacial score (nSPS) is 10.4. The Morgan fingerprint density at radius 2 is 1.80 bits per heavy atom.